The molecule has 5 nitrogen and oxygen atoms in total. The monoisotopic (exact) mass is 236 g/mol. The first-order chi connectivity index (χ1) is 8.11. The van der Waals surface area contributed by atoms with E-state index in [-0.39, 0.29) is 17.9 Å². The quantitative estimate of drug-likeness (QED) is 0.769. The molecule has 0 spiro atoms. The number of furan rings is 1. The van der Waals surface area contributed by atoms with Crippen molar-refractivity contribution in [3.8, 4) is 0 Å². The van der Waals surface area contributed by atoms with Crippen LogP contribution in [-0.2, 0) is 4.79 Å². The molecule has 92 valence electrons. The molecule has 1 fully saturated rings. The topological polar surface area (TPSA) is 53.8 Å². The lowest BCUT2D eigenvalue weighted by atomic mass is 10.2. The first-order valence-electron chi connectivity index (χ1n) is 5.67. The zero-order valence-corrected chi connectivity index (χ0v) is 10.0. The van der Waals surface area contributed by atoms with E-state index in [0.29, 0.717) is 12.3 Å². The molecule has 5 heteroatoms. The number of carbonyl (C=O) groups is 2. The third kappa shape index (κ3) is 2.18. The molecule has 1 unspecified atom stereocenters. The molecule has 1 saturated heterocycles. The highest BCUT2D eigenvalue weighted by Crippen LogP contribution is 2.21. The van der Waals surface area contributed by atoms with Crippen molar-refractivity contribution in [2.75, 3.05) is 20.6 Å². The molecule has 0 N–H and O–H groups in total. The maximum absolute atomic E-state index is 12.1. The van der Waals surface area contributed by atoms with Gasteiger partial charge >= 0.3 is 0 Å². The van der Waals surface area contributed by atoms with Gasteiger partial charge in [0.15, 0.2) is 5.76 Å². The van der Waals surface area contributed by atoms with Gasteiger partial charge in [-0.25, -0.2) is 0 Å². The highest BCUT2D eigenvalue weighted by molar-refractivity contribution is 5.95. The predicted octanol–water partition coefficient (Wildman–Crippen LogP) is 0.972. The highest BCUT2D eigenvalue weighted by atomic mass is 16.3. The minimum absolute atomic E-state index is 0.0255. The zero-order valence-electron chi connectivity index (χ0n) is 10.0. The lowest BCUT2D eigenvalue weighted by molar-refractivity contribution is -0.132. The van der Waals surface area contributed by atoms with Gasteiger partial charge in [-0.2, -0.15) is 0 Å². The van der Waals surface area contributed by atoms with E-state index in [1.165, 1.54) is 11.2 Å². The number of amides is 2. The maximum Gasteiger partial charge on any atom is 0.290 e. The van der Waals surface area contributed by atoms with Gasteiger partial charge in [0.25, 0.3) is 5.91 Å². The molecule has 1 aromatic heterocycles. The van der Waals surface area contributed by atoms with Crippen molar-refractivity contribution in [3.63, 3.8) is 0 Å². The summed E-state index contributed by atoms with van der Waals surface area (Å²) in [5.41, 5.74) is 0. The van der Waals surface area contributed by atoms with Crippen LogP contribution < -0.4 is 0 Å². The van der Waals surface area contributed by atoms with Crippen LogP contribution in [0.1, 0.15) is 23.4 Å². The van der Waals surface area contributed by atoms with Crippen LogP contribution >= 0.6 is 0 Å². The molecule has 17 heavy (non-hydrogen) atoms. The van der Waals surface area contributed by atoms with Crippen molar-refractivity contribution < 1.29 is 14.0 Å². The second kappa shape index (κ2) is 4.61. The highest BCUT2D eigenvalue weighted by Gasteiger charge is 2.36. The predicted molar refractivity (Wildman–Crippen MR) is 61.5 cm³/mol. The Hall–Kier alpha value is -1.78. The van der Waals surface area contributed by atoms with Gasteiger partial charge in [-0.1, -0.05) is 0 Å². The van der Waals surface area contributed by atoms with Crippen molar-refractivity contribution in [3.05, 3.63) is 24.2 Å². The minimum atomic E-state index is -0.345. The van der Waals surface area contributed by atoms with Gasteiger partial charge in [-0.05, 0) is 25.0 Å². The number of carbonyl (C=O) groups excluding carboxylic acids is 2. The van der Waals surface area contributed by atoms with Crippen molar-refractivity contribution in [2.24, 2.45) is 0 Å². The fourth-order valence-electron chi connectivity index (χ4n) is 2.11. The summed E-state index contributed by atoms with van der Waals surface area (Å²) in [7, 11) is 3.41. The van der Waals surface area contributed by atoms with Crippen LogP contribution in [0.2, 0.25) is 0 Å². The van der Waals surface area contributed by atoms with E-state index in [2.05, 4.69) is 0 Å². The molecule has 2 amide bonds. The summed E-state index contributed by atoms with van der Waals surface area (Å²) in [5.74, 6) is 0.0681. The normalized spacial score (nSPS) is 19.4. The van der Waals surface area contributed by atoms with Gasteiger partial charge in [-0.15, -0.1) is 0 Å². The Kier molecular flexibility index (Phi) is 3.17. The summed E-state index contributed by atoms with van der Waals surface area (Å²) in [5, 5.41) is 0. The standard InChI is InChI=1S/C12H16N2O3/c1-13(2)11(15)9-5-3-7-14(9)12(16)10-6-4-8-17-10/h4,6,8-9H,3,5,7H2,1-2H3. The Morgan fingerprint density at radius 2 is 2.24 bits per heavy atom. The summed E-state index contributed by atoms with van der Waals surface area (Å²) >= 11 is 0. The molecule has 1 aromatic rings. The Morgan fingerprint density at radius 1 is 1.47 bits per heavy atom. The maximum atomic E-state index is 12.1. The molecule has 1 aliphatic heterocycles. The van der Waals surface area contributed by atoms with E-state index >= 15 is 0 Å². The lowest BCUT2D eigenvalue weighted by Gasteiger charge is -2.25. The van der Waals surface area contributed by atoms with Crippen LogP contribution in [0.3, 0.4) is 0 Å². The summed E-state index contributed by atoms with van der Waals surface area (Å²) < 4.78 is 5.08. The van der Waals surface area contributed by atoms with Gasteiger partial charge in [0, 0.05) is 20.6 Å². The Bertz CT molecular complexity index is 411. The second-order valence-corrected chi connectivity index (χ2v) is 4.37. The van der Waals surface area contributed by atoms with Crippen LogP contribution in [0.15, 0.2) is 22.8 Å². The number of nitrogens with zero attached hydrogens (tertiary/aromatic N) is 2. The first-order valence-corrected chi connectivity index (χ1v) is 5.67. The average molecular weight is 236 g/mol. The molecule has 2 heterocycles. The molecule has 0 saturated carbocycles. The second-order valence-electron chi connectivity index (χ2n) is 4.37. The first kappa shape index (κ1) is 11.7. The van der Waals surface area contributed by atoms with Crippen LogP contribution in [-0.4, -0.2) is 48.3 Å². The molecular formula is C12H16N2O3. The van der Waals surface area contributed by atoms with Gasteiger partial charge in [-0.3, -0.25) is 9.59 Å². The van der Waals surface area contributed by atoms with E-state index < -0.39 is 0 Å². The van der Waals surface area contributed by atoms with Crippen molar-refractivity contribution in [1.82, 2.24) is 9.80 Å². The lowest BCUT2D eigenvalue weighted by Crippen LogP contribution is -2.45. The molecule has 1 aliphatic rings. The fourth-order valence-corrected chi connectivity index (χ4v) is 2.11. The molecule has 0 aromatic carbocycles. The van der Waals surface area contributed by atoms with Crippen LogP contribution in [0.5, 0.6) is 0 Å². The third-order valence-corrected chi connectivity index (χ3v) is 2.97. The number of rotatable bonds is 2. The van der Waals surface area contributed by atoms with Crippen molar-refractivity contribution >= 4 is 11.8 Å². The number of likely N-dealkylation sites (N-methyl/N-ethyl adjacent to an activating group) is 1. The summed E-state index contributed by atoms with van der Waals surface area (Å²) in [4.78, 5) is 27.2. The van der Waals surface area contributed by atoms with E-state index in [1.54, 1.807) is 31.1 Å². The van der Waals surface area contributed by atoms with Gasteiger partial charge in [0.1, 0.15) is 6.04 Å². The molecule has 1 atom stereocenters. The van der Waals surface area contributed by atoms with E-state index in [1.807, 2.05) is 0 Å². The van der Waals surface area contributed by atoms with Gasteiger partial charge < -0.3 is 14.2 Å². The van der Waals surface area contributed by atoms with Gasteiger partial charge in [0.05, 0.1) is 6.26 Å². The molecule has 0 radical (unpaired) electrons. The summed E-state index contributed by atoms with van der Waals surface area (Å²) in [6, 6.07) is 2.95. The van der Waals surface area contributed by atoms with Crippen molar-refractivity contribution in [2.45, 2.75) is 18.9 Å². The minimum Gasteiger partial charge on any atom is -0.459 e. The Morgan fingerprint density at radius 3 is 2.82 bits per heavy atom. The molecule has 0 aliphatic carbocycles. The van der Waals surface area contributed by atoms with E-state index in [9.17, 15) is 9.59 Å². The van der Waals surface area contributed by atoms with Gasteiger partial charge in [0.2, 0.25) is 5.91 Å². The number of likely N-dealkylation sites (tertiary alicyclic amines) is 1. The number of hydrogen-bond acceptors (Lipinski definition) is 3. The fraction of sp³-hybridized carbons (Fsp3) is 0.500. The zero-order chi connectivity index (χ0) is 12.4. The van der Waals surface area contributed by atoms with Crippen molar-refractivity contribution in [1.29, 1.82) is 0 Å². The Labute approximate surface area is 100.0 Å². The largest absolute Gasteiger partial charge is 0.459 e. The molecule has 0 bridgehead atoms. The van der Waals surface area contributed by atoms with E-state index in [0.717, 1.165) is 12.8 Å². The van der Waals surface area contributed by atoms with Crippen LogP contribution in [0.25, 0.3) is 0 Å². The van der Waals surface area contributed by atoms with Crippen LogP contribution in [0.4, 0.5) is 0 Å². The third-order valence-electron chi connectivity index (χ3n) is 2.97. The average Bonchev–Trinajstić information content (AvgIpc) is 2.97. The van der Waals surface area contributed by atoms with Crippen LogP contribution in [0, 0.1) is 0 Å². The summed E-state index contributed by atoms with van der Waals surface area (Å²) in [6.07, 6.45) is 3.05. The Balaban J connectivity index is 2.15. The van der Waals surface area contributed by atoms with E-state index in [4.69, 9.17) is 4.42 Å². The molecule has 2 rings (SSSR count). The molecular weight excluding hydrogens is 220 g/mol. The smallest absolute Gasteiger partial charge is 0.290 e. The summed E-state index contributed by atoms with van der Waals surface area (Å²) in [6.45, 7) is 0.615. The SMILES string of the molecule is CN(C)C(=O)C1CCCN1C(=O)c1ccco1. The number of hydrogen-bond donors (Lipinski definition) is 0.